The molecule has 6 nitrogen and oxygen atoms in total. The minimum Gasteiger partial charge on any atom is -0.506 e. The monoisotopic (exact) mass is 386 g/mol. The summed E-state index contributed by atoms with van der Waals surface area (Å²) in [5.41, 5.74) is 0.191. The van der Waals surface area contributed by atoms with Crippen molar-refractivity contribution in [2.24, 2.45) is 35.5 Å². The Morgan fingerprint density at radius 2 is 1.78 bits per heavy atom. The predicted molar refractivity (Wildman–Crippen MR) is 97.8 cm³/mol. The molecule has 1 aromatic carbocycles. The summed E-state index contributed by atoms with van der Waals surface area (Å²) in [6, 6.07) is 3.39. The Morgan fingerprint density at radius 3 is 2.33 bits per heavy atom. The highest BCUT2D eigenvalue weighted by Gasteiger charge is 2.67. The van der Waals surface area contributed by atoms with Gasteiger partial charge in [-0.1, -0.05) is 23.8 Å². The Kier molecular flexibility index (Phi) is 3.47. The van der Waals surface area contributed by atoms with Crippen LogP contribution in [0.2, 0.25) is 5.02 Å². The van der Waals surface area contributed by atoms with Gasteiger partial charge in [0.25, 0.3) is 0 Å². The van der Waals surface area contributed by atoms with E-state index in [4.69, 9.17) is 11.6 Å². The van der Waals surface area contributed by atoms with Gasteiger partial charge in [0, 0.05) is 11.1 Å². The molecule has 27 heavy (non-hydrogen) atoms. The first-order chi connectivity index (χ1) is 12.9. The zero-order valence-corrected chi connectivity index (χ0v) is 15.4. The number of anilines is 1. The van der Waals surface area contributed by atoms with Crippen LogP contribution in [-0.2, 0) is 14.4 Å². The number of nitrogens with zero attached hydrogens (tertiary/aromatic N) is 1. The van der Waals surface area contributed by atoms with Gasteiger partial charge in [-0.3, -0.25) is 19.3 Å². The van der Waals surface area contributed by atoms with Gasteiger partial charge in [0.05, 0.1) is 17.5 Å². The van der Waals surface area contributed by atoms with Crippen molar-refractivity contribution in [2.45, 2.75) is 19.4 Å². The number of amides is 3. The van der Waals surface area contributed by atoms with E-state index in [0.717, 1.165) is 11.3 Å². The number of hydrogen-bond acceptors (Lipinski definition) is 4. The molecular weight excluding hydrogens is 368 g/mol. The van der Waals surface area contributed by atoms with Crippen molar-refractivity contribution in [1.29, 1.82) is 0 Å². The van der Waals surface area contributed by atoms with Gasteiger partial charge in [-0.05, 0) is 49.1 Å². The van der Waals surface area contributed by atoms with Crippen LogP contribution in [0.1, 0.15) is 13.3 Å². The number of carbonyl (C=O) groups excluding carboxylic acids is 3. The predicted octanol–water partition coefficient (Wildman–Crippen LogP) is 2.43. The molecule has 1 heterocycles. The molecule has 3 amide bonds. The number of phenols is 1. The Labute approximate surface area is 161 Å². The maximum absolute atomic E-state index is 13.0. The fourth-order valence-electron chi connectivity index (χ4n) is 5.33. The lowest BCUT2D eigenvalue weighted by Crippen LogP contribution is -2.46. The van der Waals surface area contributed by atoms with Crippen molar-refractivity contribution in [3.63, 3.8) is 0 Å². The van der Waals surface area contributed by atoms with Gasteiger partial charge in [0.15, 0.2) is 0 Å². The molecule has 140 valence electrons. The molecule has 5 aliphatic rings. The molecular formula is C20H19ClN2O4. The number of allylic oxidation sites excluding steroid dienone is 2. The first-order valence-electron chi connectivity index (χ1n) is 9.23. The molecule has 3 fully saturated rings. The average molecular weight is 387 g/mol. The number of hydrogen-bond donors (Lipinski definition) is 2. The second kappa shape index (κ2) is 5.58. The molecule has 0 radical (unpaired) electrons. The zero-order chi connectivity index (χ0) is 19.0. The van der Waals surface area contributed by atoms with E-state index in [0.29, 0.717) is 16.9 Å². The summed E-state index contributed by atoms with van der Waals surface area (Å²) < 4.78 is 0. The van der Waals surface area contributed by atoms with Crippen LogP contribution in [0.25, 0.3) is 0 Å². The first-order valence-corrected chi connectivity index (χ1v) is 9.61. The molecule has 0 spiro atoms. The number of imide groups is 1. The SMILES string of the molecule is CC(C(=O)Nc1ccc(Cl)cc1O)N1C(=O)C2C3C=CC(C4CC34)C2C1=O. The third-order valence-corrected chi connectivity index (χ3v) is 6.92. The minimum atomic E-state index is -0.943. The molecule has 1 saturated heterocycles. The number of phenolic OH excluding ortho intramolecular Hbond substituents is 1. The van der Waals surface area contributed by atoms with E-state index in [1.165, 1.54) is 18.2 Å². The lowest BCUT2D eigenvalue weighted by Gasteiger charge is -2.37. The lowest BCUT2D eigenvalue weighted by atomic mass is 9.63. The maximum Gasteiger partial charge on any atom is 0.247 e. The van der Waals surface area contributed by atoms with Crippen molar-refractivity contribution in [3.8, 4) is 5.75 Å². The number of halogens is 1. The van der Waals surface area contributed by atoms with Gasteiger partial charge in [-0.25, -0.2) is 0 Å². The van der Waals surface area contributed by atoms with Crippen LogP contribution >= 0.6 is 11.6 Å². The summed E-state index contributed by atoms with van der Waals surface area (Å²) in [7, 11) is 0. The van der Waals surface area contributed by atoms with Crippen LogP contribution in [0, 0.1) is 35.5 Å². The summed E-state index contributed by atoms with van der Waals surface area (Å²) in [5.74, 6) is -0.511. The summed E-state index contributed by atoms with van der Waals surface area (Å²) in [5, 5.41) is 12.8. The minimum absolute atomic E-state index is 0.127. The molecule has 2 saturated carbocycles. The molecule has 0 aromatic heterocycles. The van der Waals surface area contributed by atoms with Gasteiger partial charge in [0.1, 0.15) is 11.8 Å². The van der Waals surface area contributed by atoms with Crippen molar-refractivity contribution < 1.29 is 19.5 Å². The topological polar surface area (TPSA) is 86.7 Å². The van der Waals surface area contributed by atoms with E-state index >= 15 is 0 Å². The fourth-order valence-corrected chi connectivity index (χ4v) is 5.49. The molecule has 7 unspecified atom stereocenters. The number of rotatable bonds is 3. The summed E-state index contributed by atoms with van der Waals surface area (Å²) in [6.07, 6.45) is 5.30. The van der Waals surface area contributed by atoms with Gasteiger partial charge >= 0.3 is 0 Å². The van der Waals surface area contributed by atoms with Crippen molar-refractivity contribution >= 4 is 35.0 Å². The Hall–Kier alpha value is -2.34. The number of carbonyl (C=O) groups is 3. The normalized spacial score (nSPS) is 36.4. The molecule has 7 heteroatoms. The maximum atomic E-state index is 13.0. The second-order valence-corrected chi connectivity index (χ2v) is 8.46. The van der Waals surface area contributed by atoms with Crippen molar-refractivity contribution in [1.82, 2.24) is 4.90 Å². The largest absolute Gasteiger partial charge is 0.506 e. The number of aromatic hydroxyl groups is 1. The molecule has 2 N–H and O–H groups in total. The van der Waals surface area contributed by atoms with E-state index in [9.17, 15) is 19.5 Å². The van der Waals surface area contributed by atoms with Crippen molar-refractivity contribution in [3.05, 3.63) is 35.4 Å². The smallest absolute Gasteiger partial charge is 0.247 e. The average Bonchev–Trinajstić information content (AvgIpc) is 3.41. The zero-order valence-electron chi connectivity index (χ0n) is 14.6. The Morgan fingerprint density at radius 1 is 1.19 bits per heavy atom. The van der Waals surface area contributed by atoms with Crippen LogP contribution in [0.3, 0.4) is 0 Å². The number of benzene rings is 1. The molecule has 2 bridgehead atoms. The molecule has 6 rings (SSSR count). The standard InChI is InChI=1S/C20H19ClN2O4/c1-8(18(25)22-14-5-2-9(21)6-15(14)24)23-19(26)16-10-3-4-11(13-7-12(10)13)17(16)20(23)27/h2-6,8,10-13,16-17,24H,7H2,1H3,(H,22,25). The summed E-state index contributed by atoms with van der Waals surface area (Å²) >= 11 is 5.80. The highest BCUT2D eigenvalue weighted by Crippen LogP contribution is 2.65. The highest BCUT2D eigenvalue weighted by molar-refractivity contribution is 6.30. The van der Waals surface area contributed by atoms with Gasteiger partial charge in [-0.2, -0.15) is 0 Å². The second-order valence-electron chi connectivity index (χ2n) is 8.03. The van der Waals surface area contributed by atoms with E-state index in [2.05, 4.69) is 17.5 Å². The Bertz CT molecular complexity index is 877. The fraction of sp³-hybridized carbons (Fsp3) is 0.450. The van der Waals surface area contributed by atoms with Crippen LogP contribution in [0.4, 0.5) is 5.69 Å². The van der Waals surface area contributed by atoms with Crippen LogP contribution < -0.4 is 5.32 Å². The van der Waals surface area contributed by atoms with E-state index in [1.807, 2.05) is 0 Å². The van der Waals surface area contributed by atoms with Gasteiger partial charge in [0.2, 0.25) is 17.7 Å². The molecule has 7 atom stereocenters. The van der Waals surface area contributed by atoms with Gasteiger partial charge in [-0.15, -0.1) is 0 Å². The quantitative estimate of drug-likeness (QED) is 0.474. The van der Waals surface area contributed by atoms with Crippen LogP contribution in [-0.4, -0.2) is 33.8 Å². The molecule has 4 aliphatic carbocycles. The highest BCUT2D eigenvalue weighted by atomic mass is 35.5. The molecule has 1 aliphatic heterocycles. The summed E-state index contributed by atoms with van der Waals surface area (Å²) in [6.45, 7) is 1.55. The van der Waals surface area contributed by atoms with Crippen LogP contribution in [0.5, 0.6) is 5.75 Å². The first kappa shape index (κ1) is 16.8. The molecule has 1 aromatic rings. The third-order valence-electron chi connectivity index (χ3n) is 6.68. The third kappa shape index (κ3) is 2.29. The van der Waals surface area contributed by atoms with Crippen LogP contribution in [0.15, 0.2) is 30.4 Å². The van der Waals surface area contributed by atoms with E-state index < -0.39 is 11.9 Å². The Balaban J connectivity index is 1.38. The number of likely N-dealkylation sites (tertiary alicyclic amines) is 1. The van der Waals surface area contributed by atoms with Gasteiger partial charge < -0.3 is 10.4 Å². The lowest BCUT2D eigenvalue weighted by molar-refractivity contribution is -0.146. The number of nitrogens with one attached hydrogen (secondary N) is 1. The van der Waals surface area contributed by atoms with E-state index in [-0.39, 0.29) is 46.9 Å². The van der Waals surface area contributed by atoms with Crippen molar-refractivity contribution in [2.75, 3.05) is 5.32 Å². The van der Waals surface area contributed by atoms with E-state index in [1.54, 1.807) is 6.92 Å². The summed E-state index contributed by atoms with van der Waals surface area (Å²) in [4.78, 5) is 39.9.